The molecule has 1 saturated heterocycles. The predicted molar refractivity (Wildman–Crippen MR) is 111 cm³/mol. The molecule has 0 radical (unpaired) electrons. The Morgan fingerprint density at radius 2 is 1.93 bits per heavy atom. The number of thiazole rings is 1. The zero-order chi connectivity index (χ0) is 19.7. The Kier molecular flexibility index (Phi) is 5.18. The second-order valence-corrected chi connectivity index (χ2v) is 9.88. The number of amides is 1. The number of fused-ring (bicyclic) bond motifs is 1. The van der Waals surface area contributed by atoms with Crippen LogP contribution in [-0.4, -0.2) is 36.7 Å². The molecule has 3 aromatic rings. The van der Waals surface area contributed by atoms with Crippen LogP contribution in [0.15, 0.2) is 47.4 Å². The third kappa shape index (κ3) is 3.80. The fourth-order valence-corrected chi connectivity index (χ4v) is 5.88. The van der Waals surface area contributed by atoms with E-state index in [0.717, 1.165) is 28.7 Å². The lowest BCUT2D eigenvalue weighted by atomic mass is 10.1. The summed E-state index contributed by atoms with van der Waals surface area (Å²) in [4.78, 5) is 17.1. The van der Waals surface area contributed by atoms with Crippen molar-refractivity contribution in [3.05, 3.63) is 53.6 Å². The van der Waals surface area contributed by atoms with Gasteiger partial charge in [-0.05, 0) is 49.1 Å². The molecule has 2 aromatic carbocycles. The van der Waals surface area contributed by atoms with E-state index in [0.29, 0.717) is 23.7 Å². The smallest absolute Gasteiger partial charge is 0.243 e. The molecule has 146 valence electrons. The van der Waals surface area contributed by atoms with Gasteiger partial charge in [0.1, 0.15) is 0 Å². The number of hydrogen-bond donors (Lipinski definition) is 1. The van der Waals surface area contributed by atoms with Crippen LogP contribution in [0.5, 0.6) is 0 Å². The van der Waals surface area contributed by atoms with Crippen LogP contribution in [0.4, 0.5) is 5.13 Å². The number of benzene rings is 2. The van der Waals surface area contributed by atoms with Crippen LogP contribution in [0, 0.1) is 6.92 Å². The highest BCUT2D eigenvalue weighted by Gasteiger charge is 2.27. The minimum absolute atomic E-state index is 0.140. The lowest BCUT2D eigenvalue weighted by Gasteiger charge is -2.15. The molecule has 1 aliphatic rings. The van der Waals surface area contributed by atoms with Gasteiger partial charge >= 0.3 is 0 Å². The number of carbonyl (C=O) groups excluding carboxylic acids is 1. The first kappa shape index (κ1) is 19.0. The van der Waals surface area contributed by atoms with Crippen LogP contribution in [-0.2, 0) is 21.2 Å². The lowest BCUT2D eigenvalue weighted by molar-refractivity contribution is -0.115. The van der Waals surface area contributed by atoms with Gasteiger partial charge in [-0.15, -0.1) is 0 Å². The summed E-state index contributed by atoms with van der Waals surface area (Å²) in [6.45, 7) is 3.12. The molecule has 0 unspecified atom stereocenters. The lowest BCUT2D eigenvalue weighted by Crippen LogP contribution is -2.27. The van der Waals surface area contributed by atoms with Gasteiger partial charge < -0.3 is 5.32 Å². The first-order valence-corrected chi connectivity index (χ1v) is 11.4. The minimum atomic E-state index is -3.46. The van der Waals surface area contributed by atoms with E-state index in [1.165, 1.54) is 15.6 Å². The summed E-state index contributed by atoms with van der Waals surface area (Å²) in [5.41, 5.74) is 2.72. The monoisotopic (exact) mass is 415 g/mol. The Morgan fingerprint density at radius 3 is 2.68 bits per heavy atom. The van der Waals surface area contributed by atoms with E-state index in [9.17, 15) is 13.2 Å². The van der Waals surface area contributed by atoms with Crippen LogP contribution in [0.2, 0.25) is 0 Å². The van der Waals surface area contributed by atoms with Crippen molar-refractivity contribution in [3.63, 3.8) is 0 Å². The number of nitrogens with zero attached hydrogens (tertiary/aromatic N) is 2. The van der Waals surface area contributed by atoms with Gasteiger partial charge in [0.2, 0.25) is 15.9 Å². The molecule has 1 N–H and O–H groups in total. The summed E-state index contributed by atoms with van der Waals surface area (Å²) in [7, 11) is -3.46. The molecule has 28 heavy (non-hydrogen) atoms. The zero-order valence-corrected chi connectivity index (χ0v) is 17.1. The van der Waals surface area contributed by atoms with Crippen LogP contribution in [0.25, 0.3) is 10.2 Å². The fraction of sp³-hybridized carbons (Fsp3) is 0.300. The van der Waals surface area contributed by atoms with E-state index in [4.69, 9.17) is 0 Å². The third-order valence-electron chi connectivity index (χ3n) is 4.92. The Balaban J connectivity index is 1.53. The molecule has 0 spiro atoms. The number of carbonyl (C=O) groups is 1. The van der Waals surface area contributed by atoms with Crippen molar-refractivity contribution in [2.24, 2.45) is 0 Å². The van der Waals surface area contributed by atoms with Gasteiger partial charge in [-0.3, -0.25) is 4.79 Å². The fourth-order valence-electron chi connectivity index (χ4n) is 3.34. The van der Waals surface area contributed by atoms with Gasteiger partial charge in [-0.1, -0.05) is 35.6 Å². The van der Waals surface area contributed by atoms with E-state index < -0.39 is 10.0 Å². The highest BCUT2D eigenvalue weighted by molar-refractivity contribution is 7.89. The van der Waals surface area contributed by atoms with Crippen LogP contribution >= 0.6 is 11.3 Å². The second-order valence-electron chi connectivity index (χ2n) is 6.91. The SMILES string of the molecule is Cc1ccccc1CC(=O)Nc1nc2ccc(S(=O)(=O)N3CCCC3)cc2s1. The molecule has 4 rings (SSSR count). The number of aromatic nitrogens is 1. The van der Waals surface area contributed by atoms with Crippen LogP contribution in [0.3, 0.4) is 0 Å². The van der Waals surface area contributed by atoms with E-state index in [1.54, 1.807) is 18.2 Å². The quantitative estimate of drug-likeness (QED) is 0.691. The third-order valence-corrected chi connectivity index (χ3v) is 7.75. The van der Waals surface area contributed by atoms with Gasteiger partial charge in [0, 0.05) is 13.1 Å². The maximum Gasteiger partial charge on any atom is 0.243 e. The Bertz CT molecular complexity index is 1130. The van der Waals surface area contributed by atoms with Crippen molar-refractivity contribution in [2.75, 3.05) is 18.4 Å². The Hall–Kier alpha value is -2.29. The summed E-state index contributed by atoms with van der Waals surface area (Å²) in [5.74, 6) is -0.140. The number of rotatable bonds is 5. The van der Waals surface area contributed by atoms with Crippen molar-refractivity contribution in [1.29, 1.82) is 0 Å². The van der Waals surface area contributed by atoms with Gasteiger partial charge in [0.15, 0.2) is 5.13 Å². The number of aryl methyl sites for hydroxylation is 1. The molecule has 1 amide bonds. The molecule has 1 fully saturated rings. The van der Waals surface area contributed by atoms with Crippen molar-refractivity contribution in [2.45, 2.75) is 31.1 Å². The van der Waals surface area contributed by atoms with Gasteiger partial charge in [-0.25, -0.2) is 13.4 Å². The average molecular weight is 416 g/mol. The zero-order valence-electron chi connectivity index (χ0n) is 15.5. The molecule has 0 bridgehead atoms. The average Bonchev–Trinajstić information content (AvgIpc) is 3.32. The maximum absolute atomic E-state index is 12.7. The Morgan fingerprint density at radius 1 is 1.18 bits per heavy atom. The van der Waals surface area contributed by atoms with E-state index in [2.05, 4.69) is 10.3 Å². The summed E-state index contributed by atoms with van der Waals surface area (Å²) in [6, 6.07) is 12.7. The standard InChI is InChI=1S/C20H21N3O3S2/c1-14-6-2-3-7-15(14)12-19(24)22-20-21-17-9-8-16(13-18(17)27-20)28(25,26)23-10-4-5-11-23/h2-3,6-9,13H,4-5,10-12H2,1H3,(H,21,22,24). The van der Waals surface area contributed by atoms with E-state index in [1.807, 2.05) is 31.2 Å². The van der Waals surface area contributed by atoms with Gasteiger partial charge in [0.05, 0.1) is 21.5 Å². The number of sulfonamides is 1. The van der Waals surface area contributed by atoms with Gasteiger partial charge in [-0.2, -0.15) is 4.31 Å². The molecule has 1 aliphatic heterocycles. The molecule has 0 saturated carbocycles. The van der Waals surface area contributed by atoms with Gasteiger partial charge in [0.25, 0.3) is 0 Å². The van der Waals surface area contributed by atoms with E-state index in [-0.39, 0.29) is 17.2 Å². The van der Waals surface area contributed by atoms with Crippen molar-refractivity contribution in [3.8, 4) is 0 Å². The molecule has 8 heteroatoms. The summed E-state index contributed by atoms with van der Waals surface area (Å²) in [5, 5.41) is 3.31. The summed E-state index contributed by atoms with van der Waals surface area (Å²) in [6.07, 6.45) is 2.08. The molecule has 6 nitrogen and oxygen atoms in total. The molecule has 0 aliphatic carbocycles. The number of nitrogens with one attached hydrogen (secondary N) is 1. The van der Waals surface area contributed by atoms with E-state index >= 15 is 0 Å². The normalized spacial score (nSPS) is 15.2. The van der Waals surface area contributed by atoms with Crippen molar-refractivity contribution in [1.82, 2.24) is 9.29 Å². The highest BCUT2D eigenvalue weighted by atomic mass is 32.2. The first-order chi connectivity index (χ1) is 13.4. The van der Waals surface area contributed by atoms with Crippen molar-refractivity contribution >= 4 is 42.6 Å². The Labute approximate surface area is 168 Å². The van der Waals surface area contributed by atoms with Crippen LogP contribution < -0.4 is 5.32 Å². The number of anilines is 1. The molecular formula is C20H21N3O3S2. The molecular weight excluding hydrogens is 394 g/mol. The summed E-state index contributed by atoms with van der Waals surface area (Å²) >= 11 is 1.29. The summed E-state index contributed by atoms with van der Waals surface area (Å²) < 4.78 is 27.7. The predicted octanol–water partition coefficient (Wildman–Crippen LogP) is 3.57. The largest absolute Gasteiger partial charge is 0.302 e. The van der Waals surface area contributed by atoms with Crippen molar-refractivity contribution < 1.29 is 13.2 Å². The topological polar surface area (TPSA) is 79.4 Å². The van der Waals surface area contributed by atoms with Crippen LogP contribution in [0.1, 0.15) is 24.0 Å². The molecule has 1 aromatic heterocycles. The maximum atomic E-state index is 12.7. The molecule has 2 heterocycles. The number of hydrogen-bond acceptors (Lipinski definition) is 5. The second kappa shape index (κ2) is 7.62. The highest BCUT2D eigenvalue weighted by Crippen LogP contribution is 2.30. The minimum Gasteiger partial charge on any atom is -0.302 e. The molecule has 0 atom stereocenters. The first-order valence-electron chi connectivity index (χ1n) is 9.18.